The summed E-state index contributed by atoms with van der Waals surface area (Å²) in [5.74, 6) is -0.382. The first-order valence-corrected chi connectivity index (χ1v) is 9.46. The number of aryl methyl sites for hydroxylation is 1. The van der Waals surface area contributed by atoms with Gasteiger partial charge in [0.15, 0.2) is 11.4 Å². The van der Waals surface area contributed by atoms with Crippen LogP contribution in [0.5, 0.6) is 0 Å². The van der Waals surface area contributed by atoms with Crippen LogP contribution >= 0.6 is 0 Å². The molecule has 1 aliphatic rings. The molecule has 3 rings (SSSR count). The van der Waals surface area contributed by atoms with Gasteiger partial charge in [-0.15, -0.1) is 0 Å². The van der Waals surface area contributed by atoms with Gasteiger partial charge in [0.05, 0.1) is 18.6 Å². The van der Waals surface area contributed by atoms with Crippen LogP contribution in [0, 0.1) is 5.92 Å². The van der Waals surface area contributed by atoms with Crippen molar-refractivity contribution in [3.05, 3.63) is 18.3 Å². The molecule has 10 nitrogen and oxygen atoms in total. The summed E-state index contributed by atoms with van der Waals surface area (Å²) >= 11 is 0. The van der Waals surface area contributed by atoms with Crippen molar-refractivity contribution >= 4 is 21.5 Å². The number of aromatic nitrogens is 4. The Labute approximate surface area is 144 Å². The Balaban J connectivity index is 1.90. The number of imidazole rings is 1. The highest BCUT2D eigenvalue weighted by Crippen LogP contribution is 2.40. The quantitative estimate of drug-likeness (QED) is 0.609. The van der Waals surface area contributed by atoms with E-state index in [1.54, 1.807) is 0 Å². The average Bonchev–Trinajstić information content (AvgIpc) is 3.08. The number of aliphatic hydroxyl groups excluding tert-OH is 1. The molecule has 138 valence electrons. The molecule has 0 aliphatic heterocycles. The molecule has 11 heteroatoms. The smallest absolute Gasteiger partial charge is 0.333 e. The summed E-state index contributed by atoms with van der Waals surface area (Å²) in [6.45, 7) is 1.82. The average molecular weight is 371 g/mol. The number of nitrogens with two attached hydrogens (primary N) is 1. The monoisotopic (exact) mass is 371 g/mol. The van der Waals surface area contributed by atoms with Crippen LogP contribution in [0.15, 0.2) is 12.7 Å². The van der Waals surface area contributed by atoms with Gasteiger partial charge in [0.1, 0.15) is 17.9 Å². The highest BCUT2D eigenvalue weighted by molar-refractivity contribution is 7.84. The maximum Gasteiger partial charge on any atom is 0.333 e. The first-order chi connectivity index (χ1) is 11.7. The molecule has 0 spiro atoms. The number of hydrogen-bond donors (Lipinski definition) is 3. The van der Waals surface area contributed by atoms with E-state index >= 15 is 0 Å². The standard InChI is InChI=1S/C14H21N5O5S/c1-2-3-10-12-13(17-7-16-10)19(8-18-12)14(21)5-9(4-11(14)20)6-24-25(15,22)23/h7-9,11,20-21H,2-6H2,1H3,(H2,15,22,23)/t9-,11+,14-/m1/s1. The van der Waals surface area contributed by atoms with E-state index in [1.807, 2.05) is 6.92 Å². The molecule has 1 aliphatic carbocycles. The van der Waals surface area contributed by atoms with Crippen LogP contribution in [0.25, 0.3) is 11.2 Å². The number of fused-ring (bicyclic) bond motifs is 1. The molecule has 0 unspecified atom stereocenters. The van der Waals surface area contributed by atoms with Gasteiger partial charge in [-0.1, -0.05) is 13.3 Å². The van der Waals surface area contributed by atoms with Crippen molar-refractivity contribution in [1.82, 2.24) is 19.5 Å². The minimum Gasteiger partial charge on any atom is -0.388 e. The van der Waals surface area contributed by atoms with E-state index in [1.165, 1.54) is 17.2 Å². The number of nitrogens with zero attached hydrogens (tertiary/aromatic N) is 4. The number of rotatable bonds is 6. The lowest BCUT2D eigenvalue weighted by atomic mass is 10.1. The molecule has 2 heterocycles. The van der Waals surface area contributed by atoms with E-state index in [0.717, 1.165) is 18.5 Å². The van der Waals surface area contributed by atoms with Gasteiger partial charge in [0.2, 0.25) is 0 Å². The molecular formula is C14H21N5O5S. The van der Waals surface area contributed by atoms with E-state index in [2.05, 4.69) is 19.1 Å². The van der Waals surface area contributed by atoms with Gasteiger partial charge < -0.3 is 10.2 Å². The predicted molar refractivity (Wildman–Crippen MR) is 87.3 cm³/mol. The Morgan fingerprint density at radius 2 is 2.20 bits per heavy atom. The van der Waals surface area contributed by atoms with Crippen LogP contribution in [0.2, 0.25) is 0 Å². The largest absolute Gasteiger partial charge is 0.388 e. The lowest BCUT2D eigenvalue weighted by Crippen LogP contribution is -2.40. The third-order valence-electron chi connectivity index (χ3n) is 4.46. The Morgan fingerprint density at radius 3 is 2.88 bits per heavy atom. The summed E-state index contributed by atoms with van der Waals surface area (Å²) in [5.41, 5.74) is 0.123. The van der Waals surface area contributed by atoms with Crippen LogP contribution in [-0.2, 0) is 26.6 Å². The van der Waals surface area contributed by atoms with Crippen LogP contribution < -0.4 is 5.14 Å². The molecule has 0 aromatic carbocycles. The van der Waals surface area contributed by atoms with Gasteiger partial charge in [0, 0.05) is 6.42 Å². The zero-order valence-electron chi connectivity index (χ0n) is 13.7. The van der Waals surface area contributed by atoms with E-state index in [4.69, 9.17) is 5.14 Å². The molecule has 0 radical (unpaired) electrons. The van der Waals surface area contributed by atoms with Gasteiger partial charge in [-0.3, -0.25) is 8.75 Å². The minimum atomic E-state index is -4.07. The maximum atomic E-state index is 11.0. The number of aliphatic hydroxyl groups is 2. The second-order valence-electron chi connectivity index (χ2n) is 6.33. The van der Waals surface area contributed by atoms with Gasteiger partial charge in [0.25, 0.3) is 0 Å². The van der Waals surface area contributed by atoms with E-state index in [9.17, 15) is 18.6 Å². The summed E-state index contributed by atoms with van der Waals surface area (Å²) in [6.07, 6.45) is 3.56. The van der Waals surface area contributed by atoms with Crippen LogP contribution in [0.3, 0.4) is 0 Å². The number of hydrogen-bond acceptors (Lipinski definition) is 8. The van der Waals surface area contributed by atoms with Crippen molar-refractivity contribution in [2.75, 3.05) is 6.61 Å². The lowest BCUT2D eigenvalue weighted by Gasteiger charge is -2.28. The third-order valence-corrected chi connectivity index (χ3v) is 4.93. The maximum absolute atomic E-state index is 11.0. The van der Waals surface area contributed by atoms with Gasteiger partial charge >= 0.3 is 10.3 Å². The fraction of sp³-hybridized carbons (Fsp3) is 0.643. The lowest BCUT2D eigenvalue weighted by molar-refractivity contribution is -0.113. The molecule has 0 saturated heterocycles. The van der Waals surface area contributed by atoms with Gasteiger partial charge in [-0.25, -0.2) is 20.1 Å². The summed E-state index contributed by atoms with van der Waals surface area (Å²) < 4.78 is 27.9. The van der Waals surface area contributed by atoms with Crippen molar-refractivity contribution < 1.29 is 22.8 Å². The van der Waals surface area contributed by atoms with Crippen molar-refractivity contribution in [3.8, 4) is 0 Å². The minimum absolute atomic E-state index is 0.0856. The molecule has 1 saturated carbocycles. The molecule has 0 bridgehead atoms. The first kappa shape index (κ1) is 18.1. The van der Waals surface area contributed by atoms with E-state index in [-0.39, 0.29) is 25.4 Å². The molecule has 1 fully saturated rings. The zero-order valence-corrected chi connectivity index (χ0v) is 14.6. The summed E-state index contributed by atoms with van der Waals surface area (Å²) in [5, 5.41) is 26.2. The second-order valence-corrected chi connectivity index (χ2v) is 7.56. The first-order valence-electron chi connectivity index (χ1n) is 7.99. The molecular weight excluding hydrogens is 350 g/mol. The van der Waals surface area contributed by atoms with Gasteiger partial charge in [-0.2, -0.15) is 8.42 Å². The van der Waals surface area contributed by atoms with Crippen molar-refractivity contribution in [2.24, 2.45) is 11.1 Å². The molecule has 2 aromatic rings. The highest BCUT2D eigenvalue weighted by atomic mass is 32.2. The third kappa shape index (κ3) is 3.51. The van der Waals surface area contributed by atoms with Gasteiger partial charge in [-0.05, 0) is 18.8 Å². The topological polar surface area (TPSA) is 153 Å². The van der Waals surface area contributed by atoms with Crippen molar-refractivity contribution in [1.29, 1.82) is 0 Å². The van der Waals surface area contributed by atoms with E-state index in [0.29, 0.717) is 11.2 Å². The second kappa shape index (κ2) is 6.57. The SMILES string of the molecule is CCCc1ncnc2c1ncn2[C@@]1(O)C[C@H](COS(N)(=O)=O)C[C@@H]1O. The molecule has 2 aromatic heterocycles. The Bertz CT molecular complexity index is 870. The molecule has 25 heavy (non-hydrogen) atoms. The molecule has 3 atom stereocenters. The normalized spacial score (nSPS) is 27.2. The summed E-state index contributed by atoms with van der Waals surface area (Å²) in [7, 11) is -4.07. The Kier molecular flexibility index (Phi) is 4.77. The zero-order chi connectivity index (χ0) is 18.2. The Hall–Kier alpha value is -1.66. The van der Waals surface area contributed by atoms with Crippen molar-refractivity contribution in [2.45, 2.75) is 44.4 Å². The van der Waals surface area contributed by atoms with E-state index < -0.39 is 22.1 Å². The molecule has 0 amide bonds. The fourth-order valence-electron chi connectivity index (χ4n) is 3.31. The highest BCUT2D eigenvalue weighted by Gasteiger charge is 2.48. The summed E-state index contributed by atoms with van der Waals surface area (Å²) in [6, 6.07) is 0. The fourth-order valence-corrected chi connectivity index (χ4v) is 3.69. The van der Waals surface area contributed by atoms with Crippen LogP contribution in [0.1, 0.15) is 31.9 Å². The predicted octanol–water partition coefficient (Wildman–Crippen LogP) is -0.585. The molecule has 4 N–H and O–H groups in total. The van der Waals surface area contributed by atoms with Crippen molar-refractivity contribution in [3.63, 3.8) is 0 Å². The Morgan fingerprint density at radius 1 is 1.44 bits per heavy atom. The summed E-state index contributed by atoms with van der Waals surface area (Å²) in [4.78, 5) is 12.7. The van der Waals surface area contributed by atoms with Crippen LogP contribution in [0.4, 0.5) is 0 Å². The van der Waals surface area contributed by atoms with Crippen LogP contribution in [-0.4, -0.2) is 50.9 Å².